The number of aromatic nitrogens is 3. The number of nitrogens with zero attached hydrogens (tertiary/aromatic N) is 4. The van der Waals surface area contributed by atoms with Gasteiger partial charge in [-0.05, 0) is 51.7 Å². The highest BCUT2D eigenvalue weighted by Gasteiger charge is 2.21. The molecule has 1 heterocycles. The van der Waals surface area contributed by atoms with Crippen molar-refractivity contribution in [3.05, 3.63) is 163 Å². The van der Waals surface area contributed by atoms with Crippen LogP contribution in [0.5, 0.6) is 0 Å². The number of fused-ring (bicyclic) bond motifs is 3. The van der Waals surface area contributed by atoms with Gasteiger partial charge in [-0.25, -0.2) is 15.0 Å². The summed E-state index contributed by atoms with van der Waals surface area (Å²) >= 11 is 0. The van der Waals surface area contributed by atoms with E-state index in [0.717, 1.165) is 55.4 Å². The largest absolute Gasteiger partial charge is 0.299 e. The van der Waals surface area contributed by atoms with E-state index in [4.69, 9.17) is 25.5 Å². The lowest BCUT2D eigenvalue weighted by molar-refractivity contribution is 1.07. The highest BCUT2D eigenvalue weighted by molar-refractivity contribution is 6.55. The number of benzene rings is 6. The molecule has 0 bridgehead atoms. The minimum atomic E-state index is 0.353. The summed E-state index contributed by atoms with van der Waals surface area (Å²) in [7, 11) is 0. The Morgan fingerprint density at radius 2 is 1.09 bits per heavy atom. The molecule has 222 valence electrons. The summed E-state index contributed by atoms with van der Waals surface area (Å²) in [4.78, 5) is 14.9. The molecule has 6 aromatic carbocycles. The number of hydrogen-bond donors (Lipinski definition) is 2. The summed E-state index contributed by atoms with van der Waals surface area (Å²) in [5.41, 5.74) is 11.7. The molecule has 0 amide bonds. The molecule has 0 atom stereocenters. The van der Waals surface area contributed by atoms with E-state index in [1.165, 1.54) is 0 Å². The molecule has 0 aliphatic heterocycles. The SMILES string of the molecule is N=C1C=Cc2ccc3ccc(-c4ccccc4-c4nc(-c5ccccc5)nc(-c5ccccc5)n4)cc3c2/C1=N/Nc1ccccc1. The van der Waals surface area contributed by atoms with E-state index in [1.54, 1.807) is 6.08 Å². The third kappa shape index (κ3) is 5.49. The highest BCUT2D eigenvalue weighted by atomic mass is 15.3. The molecule has 0 spiro atoms. The summed E-state index contributed by atoms with van der Waals surface area (Å²) in [5, 5.41) is 15.6. The maximum atomic E-state index is 8.78. The van der Waals surface area contributed by atoms with Gasteiger partial charge in [0, 0.05) is 22.3 Å². The van der Waals surface area contributed by atoms with Crippen LogP contribution < -0.4 is 5.43 Å². The van der Waals surface area contributed by atoms with Crippen molar-refractivity contribution in [3.8, 4) is 45.3 Å². The van der Waals surface area contributed by atoms with Crippen molar-refractivity contribution < 1.29 is 0 Å². The Kier molecular flexibility index (Phi) is 7.21. The Hall–Kier alpha value is -6.53. The standard InChI is InChI=1S/C41H28N6/c42-36-25-24-28-22-20-27-21-23-31(26-35(27)37(28)38(36)47-46-32-16-8-3-9-17-32)33-18-10-11-19-34(33)41-44-39(29-12-4-1-5-13-29)43-40(45-41)30-14-6-2-7-15-30/h1-26,42,46H/b42-36?,47-38+. The number of allylic oxidation sites excluding steroid dienone is 1. The Labute approximate surface area is 272 Å². The Morgan fingerprint density at radius 3 is 1.77 bits per heavy atom. The lowest BCUT2D eigenvalue weighted by Crippen LogP contribution is -2.19. The first kappa shape index (κ1) is 28.0. The second-order valence-electron chi connectivity index (χ2n) is 11.2. The number of hydrogen-bond acceptors (Lipinski definition) is 6. The zero-order chi connectivity index (χ0) is 31.6. The number of para-hydroxylation sites is 1. The van der Waals surface area contributed by atoms with Crippen molar-refractivity contribution >= 4 is 34.0 Å². The van der Waals surface area contributed by atoms with Gasteiger partial charge >= 0.3 is 0 Å². The van der Waals surface area contributed by atoms with Crippen LogP contribution in [-0.2, 0) is 0 Å². The van der Waals surface area contributed by atoms with Crippen molar-refractivity contribution in [2.75, 3.05) is 5.43 Å². The first-order chi connectivity index (χ1) is 23.2. The van der Waals surface area contributed by atoms with E-state index in [9.17, 15) is 0 Å². The topological polar surface area (TPSA) is 86.9 Å². The predicted octanol–water partition coefficient (Wildman–Crippen LogP) is 9.56. The van der Waals surface area contributed by atoms with E-state index in [-0.39, 0.29) is 0 Å². The third-order valence-corrected chi connectivity index (χ3v) is 8.22. The van der Waals surface area contributed by atoms with Crippen LogP contribution in [-0.4, -0.2) is 26.4 Å². The zero-order valence-corrected chi connectivity index (χ0v) is 25.3. The van der Waals surface area contributed by atoms with Gasteiger partial charge in [-0.2, -0.15) is 5.10 Å². The number of anilines is 1. The molecule has 1 aromatic heterocycles. The van der Waals surface area contributed by atoms with Gasteiger partial charge in [-0.3, -0.25) is 10.8 Å². The van der Waals surface area contributed by atoms with Crippen molar-refractivity contribution in [1.29, 1.82) is 5.41 Å². The second-order valence-corrected chi connectivity index (χ2v) is 11.2. The second kappa shape index (κ2) is 12.1. The molecule has 0 radical (unpaired) electrons. The molecule has 1 aliphatic carbocycles. The number of hydrazone groups is 1. The maximum absolute atomic E-state index is 8.78. The van der Waals surface area contributed by atoms with E-state index in [0.29, 0.717) is 28.9 Å². The Balaban J connectivity index is 1.29. The van der Waals surface area contributed by atoms with Gasteiger partial charge in [0.05, 0.1) is 11.4 Å². The minimum absolute atomic E-state index is 0.353. The summed E-state index contributed by atoms with van der Waals surface area (Å²) in [6.45, 7) is 0. The summed E-state index contributed by atoms with van der Waals surface area (Å²) in [6.07, 6.45) is 3.79. The summed E-state index contributed by atoms with van der Waals surface area (Å²) in [5.74, 6) is 1.84. The average molecular weight is 605 g/mol. The maximum Gasteiger partial charge on any atom is 0.164 e. The summed E-state index contributed by atoms with van der Waals surface area (Å²) in [6, 6.07) is 48.7. The van der Waals surface area contributed by atoms with Gasteiger partial charge in [-0.1, -0.05) is 133 Å². The first-order valence-electron chi connectivity index (χ1n) is 15.4. The quantitative estimate of drug-likeness (QED) is 0.185. The first-order valence-corrected chi connectivity index (χ1v) is 15.4. The van der Waals surface area contributed by atoms with Crippen LogP contribution >= 0.6 is 0 Å². The highest BCUT2D eigenvalue weighted by Crippen LogP contribution is 2.36. The van der Waals surface area contributed by atoms with Gasteiger partial charge < -0.3 is 0 Å². The molecular weight excluding hydrogens is 576 g/mol. The van der Waals surface area contributed by atoms with E-state index >= 15 is 0 Å². The number of nitrogens with one attached hydrogen (secondary N) is 2. The van der Waals surface area contributed by atoms with E-state index < -0.39 is 0 Å². The van der Waals surface area contributed by atoms with Gasteiger partial charge in [0.1, 0.15) is 5.71 Å². The molecule has 1 aliphatic rings. The van der Waals surface area contributed by atoms with Crippen molar-refractivity contribution in [2.45, 2.75) is 0 Å². The third-order valence-electron chi connectivity index (χ3n) is 8.22. The molecule has 0 unspecified atom stereocenters. The Morgan fingerprint density at radius 1 is 0.511 bits per heavy atom. The van der Waals surface area contributed by atoms with Crippen molar-refractivity contribution in [2.24, 2.45) is 5.10 Å². The summed E-state index contributed by atoms with van der Waals surface area (Å²) < 4.78 is 0. The molecule has 8 rings (SSSR count). The Bertz CT molecular complexity index is 2270. The minimum Gasteiger partial charge on any atom is -0.299 e. The molecule has 6 heteroatoms. The van der Waals surface area contributed by atoms with Crippen LogP contribution in [0.1, 0.15) is 11.1 Å². The fourth-order valence-electron chi connectivity index (χ4n) is 5.90. The molecule has 47 heavy (non-hydrogen) atoms. The monoisotopic (exact) mass is 604 g/mol. The molecule has 0 saturated carbocycles. The molecular formula is C41H28N6. The van der Waals surface area contributed by atoms with Crippen molar-refractivity contribution in [3.63, 3.8) is 0 Å². The molecule has 2 N–H and O–H groups in total. The van der Waals surface area contributed by atoms with Crippen LogP contribution in [0, 0.1) is 5.41 Å². The van der Waals surface area contributed by atoms with Crippen LogP contribution in [0.4, 0.5) is 5.69 Å². The van der Waals surface area contributed by atoms with E-state index in [1.807, 2.05) is 109 Å². The fraction of sp³-hybridized carbons (Fsp3) is 0. The van der Waals surface area contributed by atoms with Gasteiger partial charge in [0.25, 0.3) is 0 Å². The lowest BCUT2D eigenvalue weighted by Gasteiger charge is -2.18. The number of rotatable bonds is 6. The normalized spacial score (nSPS) is 13.1. The predicted molar refractivity (Wildman–Crippen MR) is 192 cm³/mol. The van der Waals surface area contributed by atoms with E-state index in [2.05, 4.69) is 47.9 Å². The van der Waals surface area contributed by atoms with Crippen LogP contribution in [0.2, 0.25) is 0 Å². The smallest absolute Gasteiger partial charge is 0.164 e. The molecule has 0 fully saturated rings. The van der Waals surface area contributed by atoms with Crippen LogP contribution in [0.25, 0.3) is 62.1 Å². The average Bonchev–Trinajstić information content (AvgIpc) is 3.15. The van der Waals surface area contributed by atoms with Crippen LogP contribution in [0.15, 0.2) is 157 Å². The van der Waals surface area contributed by atoms with Gasteiger partial charge in [0.15, 0.2) is 17.5 Å². The van der Waals surface area contributed by atoms with Gasteiger partial charge in [-0.15, -0.1) is 0 Å². The van der Waals surface area contributed by atoms with Gasteiger partial charge in [0.2, 0.25) is 0 Å². The zero-order valence-electron chi connectivity index (χ0n) is 25.3. The molecule has 0 saturated heterocycles. The van der Waals surface area contributed by atoms with Crippen molar-refractivity contribution in [1.82, 2.24) is 15.0 Å². The molecule has 6 nitrogen and oxygen atoms in total. The van der Waals surface area contributed by atoms with Crippen LogP contribution in [0.3, 0.4) is 0 Å². The lowest BCUT2D eigenvalue weighted by atomic mass is 9.87. The molecule has 7 aromatic rings. The fourth-order valence-corrected chi connectivity index (χ4v) is 5.90.